The van der Waals surface area contributed by atoms with Crippen LogP contribution in [0, 0.1) is 10.6 Å². The van der Waals surface area contributed by atoms with Crippen LogP contribution in [0.2, 0.25) is 0 Å². The standard InChI is InChI=1S/C20H14FN3O2S/c1-11-13(12-6-2-4-8-16(12)22-11)10-14-18(25)23-20(27)24(19(14)26)17-9-5-3-7-15(17)21/h2-10,26H,1H3,(H,23,25,27)/b13-10+. The van der Waals surface area contributed by atoms with Gasteiger partial charge in [0.15, 0.2) is 4.77 Å². The number of aromatic nitrogens is 2. The molecule has 2 N–H and O–H groups in total. The van der Waals surface area contributed by atoms with Crippen molar-refractivity contribution in [2.45, 2.75) is 6.92 Å². The molecule has 0 saturated carbocycles. The van der Waals surface area contributed by atoms with Crippen molar-refractivity contribution in [3.8, 4) is 11.6 Å². The van der Waals surface area contributed by atoms with Gasteiger partial charge in [-0.15, -0.1) is 0 Å². The fraction of sp³-hybridized carbons (Fsp3) is 0.0500. The Morgan fingerprint density at radius 3 is 2.67 bits per heavy atom. The molecule has 2 heterocycles. The monoisotopic (exact) mass is 379 g/mol. The molecule has 5 nitrogen and oxygen atoms in total. The first-order valence-corrected chi connectivity index (χ1v) is 8.58. The Morgan fingerprint density at radius 1 is 1.19 bits per heavy atom. The number of allylic oxidation sites excluding steroid dienone is 1. The van der Waals surface area contributed by atoms with Crippen LogP contribution in [0.5, 0.6) is 5.88 Å². The van der Waals surface area contributed by atoms with Crippen LogP contribution in [0.25, 0.3) is 17.3 Å². The van der Waals surface area contributed by atoms with Crippen LogP contribution in [0.15, 0.2) is 58.3 Å². The van der Waals surface area contributed by atoms with Gasteiger partial charge in [0.2, 0.25) is 5.88 Å². The summed E-state index contributed by atoms with van der Waals surface area (Å²) in [4.78, 5) is 19.4. The fourth-order valence-electron chi connectivity index (χ4n) is 3.09. The highest BCUT2D eigenvalue weighted by Crippen LogP contribution is 2.36. The number of rotatable bonds is 2. The van der Waals surface area contributed by atoms with E-state index in [0.29, 0.717) is 5.57 Å². The third kappa shape index (κ3) is 2.82. The number of H-pyrrole nitrogens is 1. The number of halogens is 1. The first-order chi connectivity index (χ1) is 13.0. The summed E-state index contributed by atoms with van der Waals surface area (Å²) in [6, 6.07) is 13.4. The first kappa shape index (κ1) is 17.1. The van der Waals surface area contributed by atoms with E-state index in [1.807, 2.05) is 31.2 Å². The van der Waals surface area contributed by atoms with Gasteiger partial charge in [-0.1, -0.05) is 30.3 Å². The summed E-state index contributed by atoms with van der Waals surface area (Å²) in [6.45, 7) is 1.82. The molecule has 3 aromatic rings. The average Bonchev–Trinajstić information content (AvgIpc) is 2.95. The summed E-state index contributed by atoms with van der Waals surface area (Å²) >= 11 is 5.13. The predicted molar refractivity (Wildman–Crippen MR) is 106 cm³/mol. The maximum atomic E-state index is 14.2. The van der Waals surface area contributed by atoms with Crippen molar-refractivity contribution in [3.63, 3.8) is 0 Å². The smallest absolute Gasteiger partial charge is 0.262 e. The third-order valence-electron chi connectivity index (χ3n) is 4.38. The van der Waals surface area contributed by atoms with E-state index < -0.39 is 17.3 Å². The minimum Gasteiger partial charge on any atom is -0.494 e. The highest BCUT2D eigenvalue weighted by molar-refractivity contribution is 7.71. The lowest BCUT2D eigenvalue weighted by atomic mass is 10.0. The number of nitrogens with zero attached hydrogens (tertiary/aromatic N) is 2. The van der Waals surface area contributed by atoms with Crippen LogP contribution in [-0.2, 0) is 0 Å². The van der Waals surface area contributed by atoms with Gasteiger partial charge in [0.25, 0.3) is 5.56 Å². The largest absolute Gasteiger partial charge is 0.494 e. The summed E-state index contributed by atoms with van der Waals surface area (Å²) in [5.74, 6) is -1.00. The lowest BCUT2D eigenvalue weighted by Crippen LogP contribution is -2.17. The maximum absolute atomic E-state index is 14.2. The molecule has 2 aromatic carbocycles. The normalized spacial score (nSPS) is 14.3. The Hall–Kier alpha value is -3.32. The molecule has 1 aliphatic heterocycles. The van der Waals surface area contributed by atoms with Crippen molar-refractivity contribution in [3.05, 3.63) is 80.6 Å². The maximum Gasteiger partial charge on any atom is 0.262 e. The van der Waals surface area contributed by atoms with Gasteiger partial charge in [-0.25, -0.2) is 4.39 Å². The van der Waals surface area contributed by atoms with E-state index in [1.165, 1.54) is 18.2 Å². The number of nitrogens with one attached hydrogen (secondary N) is 1. The van der Waals surface area contributed by atoms with Gasteiger partial charge in [-0.05, 0) is 43.4 Å². The van der Waals surface area contributed by atoms with Gasteiger partial charge in [-0.3, -0.25) is 19.3 Å². The minimum absolute atomic E-state index is 0.0203. The summed E-state index contributed by atoms with van der Waals surface area (Å²) < 4.78 is 15.2. The number of aromatic hydroxyl groups is 1. The summed E-state index contributed by atoms with van der Waals surface area (Å²) in [5.41, 5.74) is 2.54. The van der Waals surface area contributed by atoms with E-state index in [4.69, 9.17) is 12.2 Å². The van der Waals surface area contributed by atoms with Crippen molar-refractivity contribution >= 4 is 35.3 Å². The number of hydrogen-bond acceptors (Lipinski definition) is 4. The highest BCUT2D eigenvalue weighted by atomic mass is 32.1. The van der Waals surface area contributed by atoms with Crippen molar-refractivity contribution in [1.82, 2.24) is 9.55 Å². The molecule has 0 bridgehead atoms. The lowest BCUT2D eigenvalue weighted by Gasteiger charge is -2.12. The molecule has 0 fully saturated rings. The van der Waals surface area contributed by atoms with E-state index in [2.05, 4.69) is 9.98 Å². The van der Waals surface area contributed by atoms with Crippen LogP contribution in [0.1, 0.15) is 18.1 Å². The Kier molecular flexibility index (Phi) is 4.08. The number of fused-ring (bicyclic) bond motifs is 1. The lowest BCUT2D eigenvalue weighted by molar-refractivity contribution is 0.429. The molecule has 0 unspecified atom stereocenters. The van der Waals surface area contributed by atoms with E-state index in [-0.39, 0.29) is 16.0 Å². The van der Waals surface area contributed by atoms with Crippen LogP contribution >= 0.6 is 12.2 Å². The van der Waals surface area contributed by atoms with Crippen LogP contribution in [-0.4, -0.2) is 20.4 Å². The molecule has 27 heavy (non-hydrogen) atoms. The van der Waals surface area contributed by atoms with Gasteiger partial charge in [0, 0.05) is 16.8 Å². The molecule has 0 saturated heterocycles. The van der Waals surface area contributed by atoms with Crippen molar-refractivity contribution < 1.29 is 9.50 Å². The molecule has 7 heteroatoms. The van der Waals surface area contributed by atoms with E-state index in [9.17, 15) is 14.3 Å². The zero-order chi connectivity index (χ0) is 19.1. The second kappa shape index (κ2) is 6.44. The predicted octanol–water partition coefficient (Wildman–Crippen LogP) is 4.39. The molecule has 1 aromatic heterocycles. The second-order valence-electron chi connectivity index (χ2n) is 6.06. The van der Waals surface area contributed by atoms with Crippen molar-refractivity contribution in [1.29, 1.82) is 0 Å². The Morgan fingerprint density at radius 2 is 1.89 bits per heavy atom. The van der Waals surface area contributed by atoms with Crippen LogP contribution in [0.3, 0.4) is 0 Å². The van der Waals surface area contributed by atoms with Gasteiger partial charge in [0.05, 0.1) is 11.4 Å². The number of hydrogen-bond donors (Lipinski definition) is 2. The van der Waals surface area contributed by atoms with Gasteiger partial charge in [0.1, 0.15) is 11.4 Å². The summed E-state index contributed by atoms with van der Waals surface area (Å²) in [6.07, 6.45) is 1.55. The molecule has 0 radical (unpaired) electrons. The zero-order valence-corrected chi connectivity index (χ0v) is 15.0. The minimum atomic E-state index is -0.571. The quantitative estimate of drug-likeness (QED) is 0.649. The van der Waals surface area contributed by atoms with E-state index >= 15 is 0 Å². The van der Waals surface area contributed by atoms with E-state index in [0.717, 1.165) is 21.5 Å². The highest BCUT2D eigenvalue weighted by Gasteiger charge is 2.20. The number of para-hydroxylation sites is 2. The fourth-order valence-corrected chi connectivity index (χ4v) is 3.36. The molecule has 134 valence electrons. The topological polar surface area (TPSA) is 70.4 Å². The average molecular weight is 379 g/mol. The van der Waals surface area contributed by atoms with Crippen molar-refractivity contribution in [2.24, 2.45) is 4.99 Å². The molecule has 4 rings (SSSR count). The molecule has 1 aliphatic rings. The van der Waals surface area contributed by atoms with Crippen LogP contribution in [0.4, 0.5) is 10.1 Å². The Balaban J connectivity index is 1.98. The van der Waals surface area contributed by atoms with Gasteiger partial charge < -0.3 is 5.11 Å². The number of aromatic amines is 1. The molecule has 0 spiro atoms. The van der Waals surface area contributed by atoms with E-state index in [1.54, 1.807) is 12.1 Å². The summed E-state index contributed by atoms with van der Waals surface area (Å²) in [5, 5.41) is 10.7. The Bertz CT molecular complexity index is 1250. The number of benzene rings is 2. The third-order valence-corrected chi connectivity index (χ3v) is 4.66. The second-order valence-corrected chi connectivity index (χ2v) is 6.44. The molecule has 0 atom stereocenters. The molecule has 0 aliphatic carbocycles. The first-order valence-electron chi connectivity index (χ1n) is 8.17. The SMILES string of the molecule is CC1=Nc2ccccc2/C1=C/c1c(O)n(-c2ccccc2F)c(=S)[nH]c1=O. The Labute approximate surface area is 158 Å². The van der Waals surface area contributed by atoms with Crippen LogP contribution < -0.4 is 5.56 Å². The number of aliphatic imine (C=N–C) groups is 1. The molecule has 0 amide bonds. The van der Waals surface area contributed by atoms with Crippen molar-refractivity contribution in [2.75, 3.05) is 0 Å². The molecular weight excluding hydrogens is 365 g/mol. The zero-order valence-electron chi connectivity index (χ0n) is 14.2. The van der Waals surface area contributed by atoms with Gasteiger partial charge >= 0.3 is 0 Å². The molecular formula is C20H14FN3O2S. The summed E-state index contributed by atoms with van der Waals surface area (Å²) in [7, 11) is 0. The van der Waals surface area contributed by atoms with Gasteiger partial charge in [-0.2, -0.15) is 0 Å².